The molecule has 7 nitrogen and oxygen atoms in total. The maximum Gasteiger partial charge on any atom is 0.291 e. The Morgan fingerprint density at radius 1 is 1.00 bits per heavy atom. The zero-order valence-corrected chi connectivity index (χ0v) is 18.3. The highest BCUT2D eigenvalue weighted by Crippen LogP contribution is 2.30. The highest BCUT2D eigenvalue weighted by Gasteiger charge is 2.28. The summed E-state index contributed by atoms with van der Waals surface area (Å²) in [6.45, 7) is 5.75. The van der Waals surface area contributed by atoms with E-state index in [9.17, 15) is 14.7 Å². The first kappa shape index (κ1) is 21.4. The van der Waals surface area contributed by atoms with Crippen LogP contribution in [-0.4, -0.2) is 22.6 Å². The lowest BCUT2D eigenvalue weighted by molar-refractivity contribution is 0.0953. The van der Waals surface area contributed by atoms with E-state index in [1.165, 1.54) is 24.3 Å². The number of hydrogen-bond acceptors (Lipinski definition) is 5. The van der Waals surface area contributed by atoms with Crippen LogP contribution in [0.2, 0.25) is 0 Å². The summed E-state index contributed by atoms with van der Waals surface area (Å²) in [6, 6.07) is 11.8. The summed E-state index contributed by atoms with van der Waals surface area (Å²) >= 11 is 0. The molecule has 0 radical (unpaired) electrons. The topological polar surface area (TPSA) is 104 Å². The summed E-state index contributed by atoms with van der Waals surface area (Å²) in [6.07, 6.45) is 2.19. The molecule has 3 N–H and O–H groups in total. The number of furan rings is 1. The summed E-state index contributed by atoms with van der Waals surface area (Å²) in [4.78, 5) is 25.4. The third-order valence-electron chi connectivity index (χ3n) is 5.60. The van der Waals surface area contributed by atoms with E-state index in [2.05, 4.69) is 15.8 Å². The van der Waals surface area contributed by atoms with Crippen molar-refractivity contribution in [1.82, 2.24) is 5.43 Å². The fourth-order valence-corrected chi connectivity index (χ4v) is 3.84. The lowest BCUT2D eigenvalue weighted by atomic mass is 9.93. The maximum atomic E-state index is 13.0. The number of aryl methyl sites for hydroxylation is 3. The first-order chi connectivity index (χ1) is 15.3. The Balaban J connectivity index is 1.57. The second-order valence-corrected chi connectivity index (χ2v) is 8.03. The third kappa shape index (κ3) is 4.27. The van der Waals surface area contributed by atoms with Gasteiger partial charge >= 0.3 is 0 Å². The van der Waals surface area contributed by atoms with Crippen LogP contribution in [0.3, 0.4) is 0 Å². The normalized spacial score (nSPS) is 14.2. The van der Waals surface area contributed by atoms with Crippen LogP contribution in [0.4, 0.5) is 5.69 Å². The van der Waals surface area contributed by atoms with Gasteiger partial charge in [0.05, 0.1) is 5.71 Å². The molecule has 0 saturated carbocycles. The zero-order valence-electron chi connectivity index (χ0n) is 18.3. The largest absolute Gasteiger partial charge is 0.508 e. The van der Waals surface area contributed by atoms with Crippen LogP contribution in [0, 0.1) is 20.8 Å². The Kier molecular flexibility index (Phi) is 5.81. The smallest absolute Gasteiger partial charge is 0.291 e. The van der Waals surface area contributed by atoms with E-state index in [1.54, 1.807) is 0 Å². The van der Waals surface area contributed by atoms with Crippen molar-refractivity contribution in [2.45, 2.75) is 40.0 Å². The number of anilines is 1. The molecule has 0 fully saturated rings. The van der Waals surface area contributed by atoms with Crippen molar-refractivity contribution < 1.29 is 19.1 Å². The second kappa shape index (κ2) is 8.70. The molecule has 2 aromatic carbocycles. The molecule has 3 aromatic rings. The molecule has 7 heteroatoms. The van der Waals surface area contributed by atoms with Gasteiger partial charge < -0.3 is 14.8 Å². The Hall–Kier alpha value is -3.87. The Labute approximate surface area is 186 Å². The minimum Gasteiger partial charge on any atom is -0.508 e. The lowest BCUT2D eigenvalue weighted by Gasteiger charge is -2.13. The van der Waals surface area contributed by atoms with E-state index >= 15 is 0 Å². The van der Waals surface area contributed by atoms with Gasteiger partial charge in [0.25, 0.3) is 11.8 Å². The van der Waals surface area contributed by atoms with E-state index in [0.717, 1.165) is 28.8 Å². The van der Waals surface area contributed by atoms with E-state index in [-0.39, 0.29) is 23.3 Å². The predicted molar refractivity (Wildman–Crippen MR) is 122 cm³/mol. The predicted octanol–water partition coefficient (Wildman–Crippen LogP) is 4.63. The van der Waals surface area contributed by atoms with Crippen LogP contribution in [0.5, 0.6) is 5.75 Å². The van der Waals surface area contributed by atoms with Crippen LogP contribution < -0.4 is 10.7 Å². The molecule has 1 aromatic heterocycles. The number of phenols is 1. The van der Waals surface area contributed by atoms with Crippen molar-refractivity contribution in [2.24, 2.45) is 5.10 Å². The molecular weight excluding hydrogens is 406 g/mol. The first-order valence-corrected chi connectivity index (χ1v) is 10.5. The van der Waals surface area contributed by atoms with Crippen LogP contribution >= 0.6 is 0 Å². The van der Waals surface area contributed by atoms with E-state index in [4.69, 9.17) is 4.42 Å². The summed E-state index contributed by atoms with van der Waals surface area (Å²) < 4.78 is 5.94. The van der Waals surface area contributed by atoms with Gasteiger partial charge in [-0.1, -0.05) is 12.1 Å². The average Bonchev–Trinajstić information content (AvgIpc) is 3.12. The number of carbonyl (C=O) groups excluding carboxylic acids is 2. The molecule has 2 amide bonds. The van der Waals surface area contributed by atoms with Crippen molar-refractivity contribution in [3.8, 4) is 5.75 Å². The summed E-state index contributed by atoms with van der Waals surface area (Å²) in [5.74, 6) is 0.370. The number of fused-ring (bicyclic) bond motifs is 1. The van der Waals surface area contributed by atoms with Crippen molar-refractivity contribution in [3.05, 3.63) is 81.8 Å². The van der Waals surface area contributed by atoms with Gasteiger partial charge in [-0.15, -0.1) is 0 Å². The van der Waals surface area contributed by atoms with Crippen molar-refractivity contribution >= 4 is 23.2 Å². The van der Waals surface area contributed by atoms with E-state index < -0.39 is 0 Å². The van der Waals surface area contributed by atoms with Crippen LogP contribution in [0.25, 0.3) is 0 Å². The molecule has 1 heterocycles. The number of amides is 2. The Morgan fingerprint density at radius 3 is 2.50 bits per heavy atom. The molecule has 4 rings (SSSR count). The second-order valence-electron chi connectivity index (χ2n) is 8.03. The van der Waals surface area contributed by atoms with Gasteiger partial charge in [-0.3, -0.25) is 9.59 Å². The molecule has 0 aliphatic heterocycles. The number of benzene rings is 2. The zero-order chi connectivity index (χ0) is 22.8. The number of aromatic hydroxyl groups is 1. The SMILES string of the molecule is Cc1ccc(C)c(NC(=O)c2oc3c(c2C)/C(=N/NC(=O)c2ccc(O)cc2)CCC3)c1. The van der Waals surface area contributed by atoms with Gasteiger partial charge in [-0.05, 0) is 75.1 Å². The Bertz CT molecular complexity index is 1220. The molecule has 0 atom stereocenters. The number of hydrazone groups is 1. The number of nitrogens with zero attached hydrogens (tertiary/aromatic N) is 1. The molecule has 0 bridgehead atoms. The van der Waals surface area contributed by atoms with Crippen molar-refractivity contribution in [2.75, 3.05) is 5.32 Å². The first-order valence-electron chi connectivity index (χ1n) is 10.5. The third-order valence-corrected chi connectivity index (χ3v) is 5.60. The fourth-order valence-electron chi connectivity index (χ4n) is 3.84. The number of carbonyl (C=O) groups is 2. The van der Waals surface area contributed by atoms with Crippen LogP contribution in [0.1, 0.15) is 61.8 Å². The van der Waals surface area contributed by atoms with Gasteiger partial charge in [0.2, 0.25) is 0 Å². The van der Waals surface area contributed by atoms with Crippen molar-refractivity contribution in [3.63, 3.8) is 0 Å². The van der Waals surface area contributed by atoms with Gasteiger partial charge in [0.1, 0.15) is 11.5 Å². The number of phenolic OH excluding ortho intramolecular Hbond substituents is 1. The molecule has 32 heavy (non-hydrogen) atoms. The number of hydrogen-bond donors (Lipinski definition) is 3. The summed E-state index contributed by atoms with van der Waals surface area (Å²) in [5, 5.41) is 16.7. The molecule has 0 saturated heterocycles. The van der Waals surface area contributed by atoms with Crippen LogP contribution in [0.15, 0.2) is 52.0 Å². The van der Waals surface area contributed by atoms with Crippen molar-refractivity contribution in [1.29, 1.82) is 0 Å². The molecule has 0 spiro atoms. The molecule has 164 valence electrons. The van der Waals surface area contributed by atoms with E-state index in [1.807, 2.05) is 39.0 Å². The summed E-state index contributed by atoms with van der Waals surface area (Å²) in [5.41, 5.74) is 7.92. The van der Waals surface area contributed by atoms with E-state index in [0.29, 0.717) is 35.4 Å². The molecule has 1 aliphatic carbocycles. The van der Waals surface area contributed by atoms with Gasteiger partial charge in [-0.2, -0.15) is 5.10 Å². The molecular formula is C25H25N3O4. The maximum absolute atomic E-state index is 13.0. The van der Waals surface area contributed by atoms with Gasteiger partial charge in [-0.25, -0.2) is 5.43 Å². The van der Waals surface area contributed by atoms with Gasteiger partial charge in [0.15, 0.2) is 5.76 Å². The number of nitrogens with one attached hydrogen (secondary N) is 2. The molecule has 1 aliphatic rings. The monoisotopic (exact) mass is 431 g/mol. The van der Waals surface area contributed by atoms with Gasteiger partial charge in [0, 0.05) is 28.8 Å². The number of rotatable bonds is 4. The van der Waals surface area contributed by atoms with Crippen LogP contribution in [-0.2, 0) is 6.42 Å². The Morgan fingerprint density at radius 2 is 1.75 bits per heavy atom. The summed E-state index contributed by atoms with van der Waals surface area (Å²) in [7, 11) is 0. The minimum absolute atomic E-state index is 0.0884. The molecule has 0 unspecified atom stereocenters. The lowest BCUT2D eigenvalue weighted by Crippen LogP contribution is -2.22. The standard InChI is InChI=1S/C25H25N3O4/c1-14-7-8-15(2)20(13-14)26-25(31)23-16(3)22-19(5-4-6-21(22)32-23)27-28-24(30)17-9-11-18(29)12-10-17/h7-13,29H,4-6H2,1-3H3,(H,26,31)(H,28,30)/b27-19+. The fraction of sp³-hybridized carbons (Fsp3) is 0.240. The highest BCUT2D eigenvalue weighted by molar-refractivity contribution is 6.09. The average molecular weight is 431 g/mol. The quantitative estimate of drug-likeness (QED) is 0.524. The highest BCUT2D eigenvalue weighted by atomic mass is 16.4. The minimum atomic E-state index is -0.376.